The molecule has 1 amide bonds. The molecule has 2 aromatic rings. The molecule has 0 bridgehead atoms. The first-order valence-corrected chi connectivity index (χ1v) is 8.09. The summed E-state index contributed by atoms with van der Waals surface area (Å²) in [5.74, 6) is 0.992. The molecular formula is C19H22N2O3. The number of ether oxygens (including phenoxy) is 1. The van der Waals surface area contributed by atoms with Gasteiger partial charge in [0, 0.05) is 12.6 Å². The molecule has 1 aliphatic heterocycles. The van der Waals surface area contributed by atoms with Gasteiger partial charge < -0.3 is 20.1 Å². The number of rotatable bonds is 5. The number of hydrogen-bond acceptors (Lipinski definition) is 4. The molecule has 1 atom stereocenters. The topological polar surface area (TPSA) is 61.8 Å². The number of benzene rings is 2. The summed E-state index contributed by atoms with van der Waals surface area (Å²) in [7, 11) is 0. The molecule has 2 aromatic carbocycles. The molecule has 1 heterocycles. The number of carbonyl (C=O) groups is 1. The van der Waals surface area contributed by atoms with E-state index in [9.17, 15) is 9.90 Å². The van der Waals surface area contributed by atoms with Crippen LogP contribution < -0.4 is 15.0 Å². The van der Waals surface area contributed by atoms with E-state index < -0.39 is 0 Å². The first kappa shape index (κ1) is 16.2. The number of carbonyl (C=O) groups excluding carboxylic acids is 1. The average molecular weight is 326 g/mol. The van der Waals surface area contributed by atoms with Gasteiger partial charge >= 0.3 is 0 Å². The van der Waals surface area contributed by atoms with Crippen LogP contribution in [-0.4, -0.2) is 30.2 Å². The lowest BCUT2D eigenvalue weighted by molar-refractivity contribution is -0.119. The van der Waals surface area contributed by atoms with E-state index >= 15 is 0 Å². The number of phenols is 1. The van der Waals surface area contributed by atoms with Gasteiger partial charge in [0.25, 0.3) is 0 Å². The largest absolute Gasteiger partial charge is 0.508 e. The Morgan fingerprint density at radius 2 is 1.79 bits per heavy atom. The Hall–Kier alpha value is -2.69. The zero-order valence-electron chi connectivity index (χ0n) is 13.9. The number of anilines is 1. The minimum Gasteiger partial charge on any atom is -0.508 e. The monoisotopic (exact) mass is 326 g/mol. The van der Waals surface area contributed by atoms with Crippen LogP contribution in [0.1, 0.15) is 25.5 Å². The van der Waals surface area contributed by atoms with Gasteiger partial charge in [-0.25, -0.2) is 0 Å². The van der Waals surface area contributed by atoms with Gasteiger partial charge in [0.1, 0.15) is 17.6 Å². The van der Waals surface area contributed by atoms with Gasteiger partial charge in [-0.2, -0.15) is 0 Å². The summed E-state index contributed by atoms with van der Waals surface area (Å²) in [6, 6.07) is 15.1. The molecule has 0 aliphatic carbocycles. The Labute approximate surface area is 141 Å². The second-order valence-electron chi connectivity index (χ2n) is 6.15. The molecular weight excluding hydrogens is 304 g/mol. The van der Waals surface area contributed by atoms with Crippen molar-refractivity contribution in [2.75, 3.05) is 18.0 Å². The summed E-state index contributed by atoms with van der Waals surface area (Å²) >= 11 is 0. The Kier molecular flexibility index (Phi) is 4.60. The molecule has 0 spiro atoms. The second-order valence-corrected chi connectivity index (χ2v) is 6.15. The normalized spacial score (nSPS) is 15.5. The van der Waals surface area contributed by atoms with Crippen molar-refractivity contribution >= 4 is 11.6 Å². The smallest absolute Gasteiger partial charge is 0.217 e. The van der Waals surface area contributed by atoms with Crippen molar-refractivity contribution in [3.05, 3.63) is 54.1 Å². The van der Waals surface area contributed by atoms with Gasteiger partial charge in [0.2, 0.25) is 5.91 Å². The van der Waals surface area contributed by atoms with Crippen LogP contribution in [0.2, 0.25) is 0 Å². The van der Waals surface area contributed by atoms with Gasteiger partial charge in [-0.3, -0.25) is 4.79 Å². The summed E-state index contributed by atoms with van der Waals surface area (Å²) in [5.41, 5.74) is 2.24. The van der Waals surface area contributed by atoms with E-state index in [4.69, 9.17) is 4.74 Å². The van der Waals surface area contributed by atoms with Crippen LogP contribution in [0.4, 0.5) is 5.69 Å². The van der Waals surface area contributed by atoms with E-state index in [-0.39, 0.29) is 23.8 Å². The fourth-order valence-corrected chi connectivity index (χ4v) is 2.80. The number of amides is 1. The van der Waals surface area contributed by atoms with Crippen molar-refractivity contribution in [2.24, 2.45) is 0 Å². The molecule has 1 unspecified atom stereocenters. The zero-order valence-corrected chi connectivity index (χ0v) is 13.9. The molecule has 3 rings (SSSR count). The zero-order chi connectivity index (χ0) is 17.1. The lowest BCUT2D eigenvalue weighted by Crippen LogP contribution is -2.54. The van der Waals surface area contributed by atoms with Crippen LogP contribution >= 0.6 is 0 Å². The highest BCUT2D eigenvalue weighted by molar-refractivity contribution is 5.73. The predicted molar refractivity (Wildman–Crippen MR) is 93.4 cm³/mol. The predicted octanol–water partition coefficient (Wildman–Crippen LogP) is 2.86. The van der Waals surface area contributed by atoms with Crippen LogP contribution in [-0.2, 0) is 4.79 Å². The third-order valence-corrected chi connectivity index (χ3v) is 4.17. The quantitative estimate of drug-likeness (QED) is 0.887. The number of nitrogens with zero attached hydrogens (tertiary/aromatic N) is 1. The van der Waals surface area contributed by atoms with Gasteiger partial charge in [0.15, 0.2) is 0 Å². The molecule has 1 saturated heterocycles. The molecule has 126 valence electrons. The number of phenolic OH excluding ortho intramolecular Hbond substituents is 1. The van der Waals surface area contributed by atoms with Crippen LogP contribution in [0.25, 0.3) is 0 Å². The van der Waals surface area contributed by atoms with Crippen LogP contribution in [0.15, 0.2) is 48.5 Å². The Morgan fingerprint density at radius 1 is 1.17 bits per heavy atom. The minimum absolute atomic E-state index is 0.0125. The highest BCUT2D eigenvalue weighted by Gasteiger charge is 2.28. The molecule has 5 nitrogen and oxygen atoms in total. The van der Waals surface area contributed by atoms with Crippen molar-refractivity contribution in [1.29, 1.82) is 0 Å². The number of nitrogens with one attached hydrogen (secondary N) is 1. The second kappa shape index (κ2) is 6.83. The highest BCUT2D eigenvalue weighted by Crippen LogP contribution is 2.26. The summed E-state index contributed by atoms with van der Waals surface area (Å²) in [6.45, 7) is 5.17. The maximum atomic E-state index is 11.1. The first-order chi connectivity index (χ1) is 11.5. The van der Waals surface area contributed by atoms with E-state index in [2.05, 4.69) is 22.3 Å². The van der Waals surface area contributed by atoms with E-state index in [1.54, 1.807) is 24.3 Å². The lowest BCUT2D eigenvalue weighted by atomic mass is 10.1. The van der Waals surface area contributed by atoms with Crippen molar-refractivity contribution < 1.29 is 14.6 Å². The number of aromatic hydroxyl groups is 1. The third kappa shape index (κ3) is 3.79. The molecule has 1 fully saturated rings. The molecule has 1 aliphatic rings. The highest BCUT2D eigenvalue weighted by atomic mass is 16.5. The number of hydrogen-bond donors (Lipinski definition) is 2. The molecule has 0 saturated carbocycles. The van der Waals surface area contributed by atoms with Crippen LogP contribution in [0.5, 0.6) is 11.5 Å². The fourth-order valence-electron chi connectivity index (χ4n) is 2.80. The maximum Gasteiger partial charge on any atom is 0.217 e. The van der Waals surface area contributed by atoms with Crippen molar-refractivity contribution in [3.8, 4) is 11.5 Å². The summed E-state index contributed by atoms with van der Waals surface area (Å²) in [5, 5.41) is 12.2. The van der Waals surface area contributed by atoms with E-state index in [0.717, 1.165) is 30.1 Å². The SMILES string of the molecule is CC(=O)NC(C)c1ccc(N2CC(Oc3ccc(O)cc3)C2)cc1. The lowest BCUT2D eigenvalue weighted by Gasteiger charge is -2.40. The minimum atomic E-state index is -0.0245. The Bertz CT molecular complexity index is 692. The Morgan fingerprint density at radius 3 is 2.38 bits per heavy atom. The molecule has 0 radical (unpaired) electrons. The van der Waals surface area contributed by atoms with Gasteiger partial charge in [-0.15, -0.1) is 0 Å². The van der Waals surface area contributed by atoms with Crippen molar-refractivity contribution in [3.63, 3.8) is 0 Å². The summed E-state index contributed by atoms with van der Waals surface area (Å²) in [4.78, 5) is 13.4. The fraction of sp³-hybridized carbons (Fsp3) is 0.316. The van der Waals surface area contributed by atoms with E-state index in [1.807, 2.05) is 19.1 Å². The van der Waals surface area contributed by atoms with Crippen molar-refractivity contribution in [1.82, 2.24) is 5.32 Å². The molecule has 0 aromatic heterocycles. The van der Waals surface area contributed by atoms with Gasteiger partial charge in [0.05, 0.1) is 19.1 Å². The van der Waals surface area contributed by atoms with Gasteiger partial charge in [-0.05, 0) is 48.9 Å². The van der Waals surface area contributed by atoms with E-state index in [0.29, 0.717) is 0 Å². The van der Waals surface area contributed by atoms with Crippen LogP contribution in [0, 0.1) is 0 Å². The summed E-state index contributed by atoms with van der Waals surface area (Å²) in [6.07, 6.45) is 0.160. The van der Waals surface area contributed by atoms with Crippen molar-refractivity contribution in [2.45, 2.75) is 26.0 Å². The standard InChI is InChI=1S/C19H22N2O3/c1-13(20-14(2)22)15-3-5-16(6-4-15)21-11-19(12-21)24-18-9-7-17(23)8-10-18/h3-10,13,19,23H,11-12H2,1-2H3,(H,20,22). The molecule has 2 N–H and O–H groups in total. The molecule has 5 heteroatoms. The average Bonchev–Trinajstić information content (AvgIpc) is 2.52. The third-order valence-electron chi connectivity index (χ3n) is 4.17. The summed E-state index contributed by atoms with van der Waals surface area (Å²) < 4.78 is 5.86. The maximum absolute atomic E-state index is 11.1. The Balaban J connectivity index is 1.52. The first-order valence-electron chi connectivity index (χ1n) is 8.09. The van der Waals surface area contributed by atoms with E-state index in [1.165, 1.54) is 6.92 Å². The van der Waals surface area contributed by atoms with Crippen LogP contribution in [0.3, 0.4) is 0 Å². The van der Waals surface area contributed by atoms with Gasteiger partial charge in [-0.1, -0.05) is 12.1 Å². The molecule has 24 heavy (non-hydrogen) atoms.